The maximum Gasteiger partial charge on any atom is 0.154 e. The molecule has 0 aliphatic heterocycles. The van der Waals surface area contributed by atoms with Gasteiger partial charge in [-0.3, -0.25) is 0 Å². The van der Waals surface area contributed by atoms with Gasteiger partial charge in [0, 0.05) is 10.4 Å². The summed E-state index contributed by atoms with van der Waals surface area (Å²) in [6.45, 7) is 1.90. The van der Waals surface area contributed by atoms with E-state index in [1.165, 1.54) is 7.11 Å². The number of halogens is 2. The molecule has 0 bridgehead atoms. The van der Waals surface area contributed by atoms with E-state index in [0.717, 1.165) is 4.48 Å². The van der Waals surface area contributed by atoms with E-state index in [4.69, 9.17) is 16.3 Å². The van der Waals surface area contributed by atoms with Crippen LogP contribution < -0.4 is 0 Å². The first kappa shape index (κ1) is 9.93. The van der Waals surface area contributed by atoms with Crippen LogP contribution in [0.3, 0.4) is 0 Å². The van der Waals surface area contributed by atoms with Crippen molar-refractivity contribution in [1.82, 2.24) is 0 Å². The molecule has 1 N–H and O–H groups in total. The van der Waals surface area contributed by atoms with Crippen LogP contribution in [0.1, 0.15) is 6.92 Å². The van der Waals surface area contributed by atoms with E-state index in [1.54, 1.807) is 6.08 Å². The minimum absolute atomic E-state index is 0.00367. The van der Waals surface area contributed by atoms with Crippen molar-refractivity contribution in [3.8, 4) is 0 Å². The molecule has 12 heavy (non-hydrogen) atoms. The number of ether oxygens (including phenoxy) is 1. The third-order valence-electron chi connectivity index (χ3n) is 1.86. The topological polar surface area (TPSA) is 29.5 Å². The quantitative estimate of drug-likeness (QED) is 0.728. The predicted molar refractivity (Wildman–Crippen MR) is 52.5 cm³/mol. The molecular formula is C8H10BrClO2. The Morgan fingerprint density at radius 2 is 2.25 bits per heavy atom. The maximum absolute atomic E-state index is 9.42. The van der Waals surface area contributed by atoms with Crippen LogP contribution in [0.5, 0.6) is 0 Å². The van der Waals surface area contributed by atoms with Crippen LogP contribution in [-0.4, -0.2) is 17.6 Å². The monoisotopic (exact) mass is 252 g/mol. The summed E-state index contributed by atoms with van der Waals surface area (Å²) in [6, 6.07) is 0. The summed E-state index contributed by atoms with van der Waals surface area (Å²) in [4.78, 5) is 0. The van der Waals surface area contributed by atoms with Crippen molar-refractivity contribution in [2.75, 3.05) is 7.11 Å². The molecular weight excluding hydrogens is 243 g/mol. The molecule has 0 fully saturated rings. The van der Waals surface area contributed by atoms with Crippen LogP contribution in [0, 0.1) is 5.92 Å². The summed E-state index contributed by atoms with van der Waals surface area (Å²) >= 11 is 9.29. The molecule has 4 heteroatoms. The molecule has 68 valence electrons. The molecule has 2 atom stereocenters. The zero-order valence-electron chi connectivity index (χ0n) is 6.84. The molecule has 0 amide bonds. The molecule has 0 saturated carbocycles. The first-order valence-electron chi connectivity index (χ1n) is 3.56. The van der Waals surface area contributed by atoms with Gasteiger partial charge < -0.3 is 9.84 Å². The van der Waals surface area contributed by atoms with Crippen molar-refractivity contribution in [1.29, 1.82) is 0 Å². The van der Waals surface area contributed by atoms with Crippen molar-refractivity contribution in [2.24, 2.45) is 5.92 Å². The van der Waals surface area contributed by atoms with E-state index in [2.05, 4.69) is 15.9 Å². The average Bonchev–Trinajstić information content (AvgIpc) is 2.01. The molecule has 0 spiro atoms. The van der Waals surface area contributed by atoms with Gasteiger partial charge in [0.25, 0.3) is 0 Å². The summed E-state index contributed by atoms with van der Waals surface area (Å²) in [5.41, 5.74) is 0. The van der Waals surface area contributed by atoms with Crippen molar-refractivity contribution < 1.29 is 9.84 Å². The van der Waals surface area contributed by atoms with Crippen molar-refractivity contribution in [3.05, 3.63) is 22.1 Å². The normalized spacial score (nSPS) is 30.2. The summed E-state index contributed by atoms with van der Waals surface area (Å²) in [7, 11) is 1.53. The minimum Gasteiger partial charge on any atom is -0.504 e. The third kappa shape index (κ3) is 1.62. The fourth-order valence-corrected chi connectivity index (χ4v) is 1.97. The molecule has 0 aromatic carbocycles. The highest BCUT2D eigenvalue weighted by Gasteiger charge is 2.28. The lowest BCUT2D eigenvalue weighted by Crippen LogP contribution is -2.20. The second-order valence-corrected chi connectivity index (χ2v) is 4.06. The number of hydrogen-bond acceptors (Lipinski definition) is 2. The van der Waals surface area contributed by atoms with Gasteiger partial charge >= 0.3 is 0 Å². The third-order valence-corrected chi connectivity index (χ3v) is 3.46. The molecule has 0 radical (unpaired) electrons. The van der Waals surface area contributed by atoms with Crippen molar-refractivity contribution in [3.63, 3.8) is 0 Å². The Labute approximate surface area is 85.0 Å². The molecule has 0 aromatic rings. The second-order valence-electron chi connectivity index (χ2n) is 2.67. The molecule has 2 unspecified atom stereocenters. The van der Waals surface area contributed by atoms with Crippen LogP contribution in [0.4, 0.5) is 0 Å². The molecule has 1 rings (SSSR count). The van der Waals surface area contributed by atoms with Crippen molar-refractivity contribution >= 4 is 27.5 Å². The van der Waals surface area contributed by atoms with Crippen LogP contribution in [0.25, 0.3) is 0 Å². The number of aliphatic hydroxyl groups excluding tert-OH is 1. The fraction of sp³-hybridized carbons (Fsp3) is 0.500. The number of rotatable bonds is 1. The lowest BCUT2D eigenvalue weighted by Gasteiger charge is -2.24. The van der Waals surface area contributed by atoms with Gasteiger partial charge in [-0.05, 0) is 6.08 Å². The summed E-state index contributed by atoms with van der Waals surface area (Å²) in [6.07, 6.45) is 1.57. The van der Waals surface area contributed by atoms with Gasteiger partial charge in [0.1, 0.15) is 5.76 Å². The lowest BCUT2D eigenvalue weighted by molar-refractivity contribution is 0.217. The first-order valence-corrected chi connectivity index (χ1v) is 4.79. The van der Waals surface area contributed by atoms with E-state index in [0.29, 0.717) is 5.76 Å². The van der Waals surface area contributed by atoms with Gasteiger partial charge in [-0.1, -0.05) is 22.9 Å². The summed E-state index contributed by atoms with van der Waals surface area (Å²) < 4.78 is 5.80. The largest absolute Gasteiger partial charge is 0.504 e. The summed E-state index contributed by atoms with van der Waals surface area (Å²) in [5, 5.41) is 9.26. The van der Waals surface area contributed by atoms with E-state index < -0.39 is 0 Å². The molecule has 0 saturated heterocycles. The maximum atomic E-state index is 9.42. The Balaban J connectivity index is 3.02. The molecule has 2 nitrogen and oxygen atoms in total. The number of allylic oxidation sites excluding steroid dienone is 3. The SMILES string of the molecule is COC1=C(O)C=C(Br)C(Cl)C1C. The Hall–Kier alpha value is -0.150. The van der Waals surface area contributed by atoms with Crippen LogP contribution in [-0.2, 0) is 4.74 Å². The van der Waals surface area contributed by atoms with Crippen molar-refractivity contribution in [2.45, 2.75) is 12.3 Å². The van der Waals surface area contributed by atoms with E-state index in [1.807, 2.05) is 6.92 Å². The molecule has 0 aromatic heterocycles. The Bertz CT molecular complexity index is 247. The number of aliphatic hydroxyl groups is 1. The van der Waals surface area contributed by atoms with E-state index in [-0.39, 0.29) is 17.1 Å². The van der Waals surface area contributed by atoms with E-state index in [9.17, 15) is 5.11 Å². The highest BCUT2D eigenvalue weighted by atomic mass is 79.9. The number of hydrogen-bond donors (Lipinski definition) is 1. The molecule has 1 aliphatic rings. The second kappa shape index (κ2) is 3.71. The first-order chi connectivity index (χ1) is 5.57. The lowest BCUT2D eigenvalue weighted by atomic mass is 9.99. The average molecular weight is 254 g/mol. The van der Waals surface area contributed by atoms with Gasteiger partial charge in [-0.15, -0.1) is 11.6 Å². The highest BCUT2D eigenvalue weighted by Crippen LogP contribution is 2.35. The van der Waals surface area contributed by atoms with Gasteiger partial charge in [0.05, 0.1) is 12.5 Å². The van der Waals surface area contributed by atoms with Gasteiger partial charge in [0.15, 0.2) is 5.76 Å². The van der Waals surface area contributed by atoms with Crippen LogP contribution in [0.2, 0.25) is 0 Å². The minimum atomic E-state index is -0.157. The molecule has 0 heterocycles. The highest BCUT2D eigenvalue weighted by molar-refractivity contribution is 9.11. The summed E-state index contributed by atoms with van der Waals surface area (Å²) in [5.74, 6) is 0.683. The predicted octanol–water partition coefficient (Wildman–Crippen LogP) is 2.94. The van der Waals surface area contributed by atoms with Crippen LogP contribution >= 0.6 is 27.5 Å². The fourth-order valence-electron chi connectivity index (χ4n) is 1.18. The zero-order valence-corrected chi connectivity index (χ0v) is 9.19. The van der Waals surface area contributed by atoms with E-state index >= 15 is 0 Å². The van der Waals surface area contributed by atoms with Crippen LogP contribution in [0.15, 0.2) is 22.1 Å². The van der Waals surface area contributed by atoms with Gasteiger partial charge in [0.2, 0.25) is 0 Å². The Morgan fingerprint density at radius 3 is 2.75 bits per heavy atom. The number of methoxy groups -OCH3 is 1. The van der Waals surface area contributed by atoms with Gasteiger partial charge in [-0.25, -0.2) is 0 Å². The Morgan fingerprint density at radius 1 is 1.67 bits per heavy atom. The number of alkyl halides is 1. The standard InChI is InChI=1S/C8H10BrClO2/c1-4-7(10)5(9)3-6(11)8(4)12-2/h3-4,7,11H,1-2H3. The smallest absolute Gasteiger partial charge is 0.154 e. The zero-order chi connectivity index (χ0) is 9.30. The Kier molecular flexibility index (Phi) is 3.07. The molecule has 1 aliphatic carbocycles. The van der Waals surface area contributed by atoms with Gasteiger partial charge in [-0.2, -0.15) is 0 Å².